The third-order valence-corrected chi connectivity index (χ3v) is 7.57. The number of aromatic nitrogens is 6. The van der Waals surface area contributed by atoms with Gasteiger partial charge in [0.1, 0.15) is 30.0 Å². The van der Waals surface area contributed by atoms with Gasteiger partial charge in [0.05, 0.1) is 24.9 Å². The SMILES string of the molecule is COc1ccc(C(=O)NCC2CCN(C(C)=O)CC2)cc1Nc1ncc(-c2ccc(C#N)c(OC(C)Cn3cnnn3)c2)cn1. The summed E-state index contributed by atoms with van der Waals surface area (Å²) in [5.41, 5.74) is 2.90. The maximum Gasteiger partial charge on any atom is 0.251 e. The second-order valence-electron chi connectivity index (χ2n) is 10.8. The van der Waals surface area contributed by atoms with E-state index in [9.17, 15) is 14.9 Å². The normalized spacial score (nSPS) is 13.9. The summed E-state index contributed by atoms with van der Waals surface area (Å²) >= 11 is 0. The number of benzene rings is 2. The molecule has 1 aliphatic heterocycles. The number of carbonyl (C=O) groups is 2. The average molecular weight is 611 g/mol. The maximum absolute atomic E-state index is 13.0. The van der Waals surface area contributed by atoms with Crippen LogP contribution in [0.15, 0.2) is 55.1 Å². The summed E-state index contributed by atoms with van der Waals surface area (Å²) in [6.07, 6.45) is 6.24. The number of piperidine rings is 1. The minimum absolute atomic E-state index is 0.0895. The van der Waals surface area contributed by atoms with Crippen molar-refractivity contribution in [2.75, 3.05) is 32.1 Å². The third kappa shape index (κ3) is 7.88. The predicted molar refractivity (Wildman–Crippen MR) is 164 cm³/mol. The molecule has 0 spiro atoms. The van der Waals surface area contributed by atoms with Crippen LogP contribution in [0, 0.1) is 17.2 Å². The molecule has 1 saturated heterocycles. The Morgan fingerprint density at radius 2 is 1.87 bits per heavy atom. The second kappa shape index (κ2) is 14.3. The van der Waals surface area contributed by atoms with Crippen molar-refractivity contribution in [1.29, 1.82) is 5.26 Å². The highest BCUT2D eigenvalue weighted by atomic mass is 16.5. The average Bonchev–Trinajstić information content (AvgIpc) is 3.57. The van der Waals surface area contributed by atoms with E-state index in [0.29, 0.717) is 66.4 Å². The number of nitriles is 1. The number of hydrogen-bond donors (Lipinski definition) is 2. The van der Waals surface area contributed by atoms with Gasteiger partial charge in [-0.25, -0.2) is 14.6 Å². The number of ether oxygens (including phenoxy) is 2. The third-order valence-electron chi connectivity index (χ3n) is 7.57. The van der Waals surface area contributed by atoms with Gasteiger partial charge >= 0.3 is 0 Å². The molecule has 1 aliphatic rings. The van der Waals surface area contributed by atoms with E-state index in [1.807, 2.05) is 11.8 Å². The van der Waals surface area contributed by atoms with Crippen LogP contribution in [0.5, 0.6) is 11.5 Å². The van der Waals surface area contributed by atoms with Gasteiger partial charge in [0, 0.05) is 50.1 Å². The van der Waals surface area contributed by atoms with E-state index in [2.05, 4.69) is 42.2 Å². The Balaban J connectivity index is 1.23. The lowest BCUT2D eigenvalue weighted by molar-refractivity contribution is -0.130. The van der Waals surface area contributed by atoms with Gasteiger partial charge in [-0.05, 0) is 72.0 Å². The molecule has 0 saturated carbocycles. The number of tetrazole rings is 1. The van der Waals surface area contributed by atoms with Gasteiger partial charge in [0.2, 0.25) is 11.9 Å². The van der Waals surface area contributed by atoms with Crippen molar-refractivity contribution >= 4 is 23.5 Å². The lowest BCUT2D eigenvalue weighted by Gasteiger charge is -2.31. The van der Waals surface area contributed by atoms with E-state index < -0.39 is 0 Å². The van der Waals surface area contributed by atoms with E-state index in [4.69, 9.17) is 9.47 Å². The Kier molecular flexibility index (Phi) is 9.78. The van der Waals surface area contributed by atoms with Crippen LogP contribution in [0.1, 0.15) is 42.6 Å². The largest absolute Gasteiger partial charge is 0.495 e. The van der Waals surface area contributed by atoms with Crippen LogP contribution < -0.4 is 20.1 Å². The lowest BCUT2D eigenvalue weighted by Crippen LogP contribution is -2.40. The smallest absolute Gasteiger partial charge is 0.251 e. The van der Waals surface area contributed by atoms with Crippen molar-refractivity contribution in [3.05, 3.63) is 66.2 Å². The lowest BCUT2D eigenvalue weighted by atomic mass is 9.96. The quantitative estimate of drug-likeness (QED) is 0.255. The van der Waals surface area contributed by atoms with Crippen molar-refractivity contribution in [2.45, 2.75) is 39.3 Å². The summed E-state index contributed by atoms with van der Waals surface area (Å²) in [5, 5.41) is 26.9. The molecular weight excluding hydrogens is 576 g/mol. The van der Waals surface area contributed by atoms with Crippen molar-refractivity contribution in [1.82, 2.24) is 40.4 Å². The van der Waals surface area contributed by atoms with E-state index in [0.717, 1.165) is 24.0 Å². The van der Waals surface area contributed by atoms with Crippen molar-refractivity contribution in [2.24, 2.45) is 5.92 Å². The first kappa shape index (κ1) is 30.9. The summed E-state index contributed by atoms with van der Waals surface area (Å²) in [4.78, 5) is 35.3. The molecule has 45 heavy (non-hydrogen) atoms. The molecule has 232 valence electrons. The zero-order valence-electron chi connectivity index (χ0n) is 25.3. The Morgan fingerprint density at radius 3 is 2.53 bits per heavy atom. The summed E-state index contributed by atoms with van der Waals surface area (Å²) in [7, 11) is 1.55. The summed E-state index contributed by atoms with van der Waals surface area (Å²) in [6, 6.07) is 12.6. The first-order valence-corrected chi connectivity index (χ1v) is 14.6. The van der Waals surface area contributed by atoms with Crippen LogP contribution in [-0.2, 0) is 11.3 Å². The summed E-state index contributed by atoms with van der Waals surface area (Å²) < 4.78 is 13.1. The minimum Gasteiger partial charge on any atom is -0.495 e. The molecule has 2 aromatic carbocycles. The Bertz CT molecular complexity index is 1660. The van der Waals surface area contributed by atoms with Crippen LogP contribution in [0.25, 0.3) is 11.1 Å². The molecule has 2 aromatic heterocycles. The molecule has 5 rings (SSSR count). The zero-order chi connectivity index (χ0) is 31.8. The van der Waals surface area contributed by atoms with Gasteiger partial charge in [-0.2, -0.15) is 5.26 Å². The minimum atomic E-state index is -0.294. The fraction of sp³-hybridized carbons (Fsp3) is 0.355. The number of methoxy groups -OCH3 is 1. The first-order valence-electron chi connectivity index (χ1n) is 14.6. The monoisotopic (exact) mass is 610 g/mol. The van der Waals surface area contributed by atoms with Gasteiger partial charge in [0.25, 0.3) is 5.91 Å². The van der Waals surface area contributed by atoms with E-state index >= 15 is 0 Å². The molecule has 1 fully saturated rings. The molecule has 2 amide bonds. The number of nitrogens with zero attached hydrogens (tertiary/aromatic N) is 8. The fourth-order valence-corrected chi connectivity index (χ4v) is 5.07. The predicted octanol–water partition coefficient (Wildman–Crippen LogP) is 3.21. The van der Waals surface area contributed by atoms with Crippen molar-refractivity contribution < 1.29 is 19.1 Å². The van der Waals surface area contributed by atoms with Gasteiger partial charge in [-0.3, -0.25) is 9.59 Å². The van der Waals surface area contributed by atoms with Crippen LogP contribution >= 0.6 is 0 Å². The fourth-order valence-electron chi connectivity index (χ4n) is 5.07. The molecule has 1 unspecified atom stereocenters. The molecule has 14 nitrogen and oxygen atoms in total. The topological polar surface area (TPSA) is 173 Å². The van der Waals surface area contributed by atoms with Gasteiger partial charge in [-0.15, -0.1) is 5.10 Å². The van der Waals surface area contributed by atoms with Crippen LogP contribution in [-0.4, -0.2) is 79.7 Å². The molecule has 2 N–H and O–H groups in total. The number of hydrogen-bond acceptors (Lipinski definition) is 11. The Hall–Kier alpha value is -5.58. The summed E-state index contributed by atoms with van der Waals surface area (Å²) in [5.74, 6) is 1.49. The first-order chi connectivity index (χ1) is 21.8. The van der Waals surface area contributed by atoms with Gasteiger partial charge in [-0.1, -0.05) is 6.07 Å². The van der Waals surface area contributed by atoms with Crippen LogP contribution in [0.4, 0.5) is 11.6 Å². The zero-order valence-corrected chi connectivity index (χ0v) is 25.3. The highest BCUT2D eigenvalue weighted by Gasteiger charge is 2.21. The Morgan fingerprint density at radius 1 is 1.09 bits per heavy atom. The molecular formula is C31H34N10O4. The molecule has 3 heterocycles. The van der Waals surface area contributed by atoms with E-state index in [1.54, 1.807) is 67.5 Å². The van der Waals surface area contributed by atoms with Crippen molar-refractivity contribution in [3.63, 3.8) is 0 Å². The number of carbonyl (C=O) groups excluding carboxylic acids is 2. The number of nitrogens with one attached hydrogen (secondary N) is 2. The van der Waals surface area contributed by atoms with Gasteiger partial charge in [0.15, 0.2) is 0 Å². The number of rotatable bonds is 11. The molecule has 0 radical (unpaired) electrons. The maximum atomic E-state index is 13.0. The van der Waals surface area contributed by atoms with Crippen molar-refractivity contribution in [3.8, 4) is 28.7 Å². The second-order valence-corrected chi connectivity index (χ2v) is 10.8. The van der Waals surface area contributed by atoms with E-state index in [-0.39, 0.29) is 17.9 Å². The number of amides is 2. The highest BCUT2D eigenvalue weighted by Crippen LogP contribution is 2.30. The summed E-state index contributed by atoms with van der Waals surface area (Å²) in [6.45, 7) is 5.85. The van der Waals surface area contributed by atoms with Crippen LogP contribution in [0.2, 0.25) is 0 Å². The number of anilines is 2. The highest BCUT2D eigenvalue weighted by molar-refractivity contribution is 5.95. The molecule has 0 bridgehead atoms. The molecule has 14 heteroatoms. The molecule has 4 aromatic rings. The standard InChI is InChI=1S/C31H34N10O4/c1-20(18-41-19-36-38-39-41)45-29-13-23(4-5-25(29)14-32)26-16-34-31(35-17-26)37-27-12-24(6-7-28(27)44-3)30(43)33-15-22-8-10-40(11-9-22)21(2)42/h4-7,12-13,16-17,19-20,22H,8-11,15,18H2,1-3H3,(H,33,43)(H,34,35,37). The number of likely N-dealkylation sites (tertiary alicyclic amines) is 1. The van der Waals surface area contributed by atoms with Gasteiger partial charge < -0.3 is 25.0 Å². The molecule has 1 atom stereocenters. The van der Waals surface area contributed by atoms with Crippen LogP contribution in [0.3, 0.4) is 0 Å². The van der Waals surface area contributed by atoms with E-state index in [1.165, 1.54) is 6.33 Å². The Labute approximate surface area is 260 Å². The molecule has 0 aliphatic carbocycles.